The lowest BCUT2D eigenvalue weighted by Crippen LogP contribution is -1.84. The van der Waals surface area contributed by atoms with Crippen LogP contribution in [-0.2, 0) is 9.09 Å². The SMILES string of the molecule is C=CCO[P](N)=O. The Morgan fingerprint density at radius 3 is 2.71 bits per heavy atom. The van der Waals surface area contributed by atoms with E-state index in [2.05, 4.69) is 11.1 Å². The quantitative estimate of drug-likeness (QED) is 0.442. The highest BCUT2D eigenvalue weighted by molar-refractivity contribution is 7.36. The summed E-state index contributed by atoms with van der Waals surface area (Å²) < 4.78 is 14.2. The second-order valence-corrected chi connectivity index (χ2v) is 1.70. The zero-order chi connectivity index (χ0) is 5.70. The van der Waals surface area contributed by atoms with Crippen LogP contribution >= 0.6 is 8.18 Å². The topological polar surface area (TPSA) is 52.3 Å². The van der Waals surface area contributed by atoms with Gasteiger partial charge in [0.25, 0.3) is 8.18 Å². The zero-order valence-corrected chi connectivity index (χ0v) is 4.73. The van der Waals surface area contributed by atoms with Crippen LogP contribution in [-0.4, -0.2) is 6.61 Å². The van der Waals surface area contributed by atoms with Crippen molar-refractivity contribution in [2.45, 2.75) is 0 Å². The Hall–Kier alpha value is -0.240. The molecule has 0 aliphatic heterocycles. The average Bonchev–Trinajstić information content (AvgIpc) is 1.61. The predicted octanol–water partition coefficient (Wildman–Crippen LogP) is 0.805. The van der Waals surface area contributed by atoms with Crippen LogP contribution in [0.4, 0.5) is 0 Å². The van der Waals surface area contributed by atoms with Gasteiger partial charge >= 0.3 is 0 Å². The van der Waals surface area contributed by atoms with Crippen molar-refractivity contribution in [2.24, 2.45) is 5.50 Å². The summed E-state index contributed by atoms with van der Waals surface area (Å²) >= 11 is 0. The molecule has 0 amide bonds. The summed E-state index contributed by atoms with van der Waals surface area (Å²) in [6.07, 6.45) is 1.49. The molecule has 41 valence electrons. The molecule has 3 nitrogen and oxygen atoms in total. The van der Waals surface area contributed by atoms with Crippen LogP contribution in [0.15, 0.2) is 12.7 Å². The monoisotopic (exact) mass is 120 g/mol. The fourth-order valence-electron chi connectivity index (χ4n) is 0.126. The number of rotatable bonds is 3. The van der Waals surface area contributed by atoms with E-state index in [1.54, 1.807) is 0 Å². The van der Waals surface area contributed by atoms with Gasteiger partial charge in [-0.3, -0.25) is 4.52 Å². The third-order valence-corrected chi connectivity index (χ3v) is 0.723. The molecule has 1 unspecified atom stereocenters. The molecule has 1 atom stereocenters. The summed E-state index contributed by atoms with van der Waals surface area (Å²) in [5.74, 6) is 0. The summed E-state index contributed by atoms with van der Waals surface area (Å²) in [5, 5.41) is 0. The van der Waals surface area contributed by atoms with Gasteiger partial charge < -0.3 is 0 Å². The lowest BCUT2D eigenvalue weighted by molar-refractivity contribution is 0.372. The van der Waals surface area contributed by atoms with E-state index in [-0.39, 0.29) is 6.61 Å². The smallest absolute Gasteiger partial charge is 0.288 e. The summed E-state index contributed by atoms with van der Waals surface area (Å²) in [6, 6.07) is 0. The van der Waals surface area contributed by atoms with Crippen LogP contribution in [0, 0.1) is 0 Å². The van der Waals surface area contributed by atoms with Gasteiger partial charge in [-0.25, -0.2) is 10.1 Å². The van der Waals surface area contributed by atoms with Crippen LogP contribution in [0.25, 0.3) is 0 Å². The molecule has 0 fully saturated rings. The van der Waals surface area contributed by atoms with E-state index in [4.69, 9.17) is 5.50 Å². The van der Waals surface area contributed by atoms with E-state index in [9.17, 15) is 4.57 Å². The van der Waals surface area contributed by atoms with Crippen LogP contribution in [0.2, 0.25) is 0 Å². The van der Waals surface area contributed by atoms with Crippen molar-refractivity contribution in [2.75, 3.05) is 6.61 Å². The molecule has 0 aromatic heterocycles. The molecule has 4 heteroatoms. The molecule has 0 bridgehead atoms. The molecule has 0 aromatic rings. The van der Waals surface area contributed by atoms with Crippen molar-refractivity contribution in [3.05, 3.63) is 12.7 Å². The summed E-state index contributed by atoms with van der Waals surface area (Å²) in [5.41, 5.74) is 4.72. The maximum atomic E-state index is 9.86. The minimum atomic E-state index is -1.93. The van der Waals surface area contributed by atoms with Crippen molar-refractivity contribution in [1.82, 2.24) is 0 Å². The number of hydrogen-bond acceptors (Lipinski definition) is 2. The Morgan fingerprint density at radius 1 is 2.00 bits per heavy atom. The average molecular weight is 120 g/mol. The van der Waals surface area contributed by atoms with Gasteiger partial charge in [-0.1, -0.05) is 6.08 Å². The molecule has 0 spiro atoms. The fraction of sp³-hybridized carbons (Fsp3) is 0.333. The summed E-state index contributed by atoms with van der Waals surface area (Å²) in [7, 11) is -1.93. The molecule has 0 aliphatic carbocycles. The molecule has 0 saturated carbocycles. The highest BCUT2D eigenvalue weighted by Gasteiger charge is 1.83. The van der Waals surface area contributed by atoms with Gasteiger partial charge in [0.05, 0.1) is 6.61 Å². The van der Waals surface area contributed by atoms with Crippen molar-refractivity contribution in [3.8, 4) is 0 Å². The van der Waals surface area contributed by atoms with Gasteiger partial charge in [-0.05, 0) is 0 Å². The van der Waals surface area contributed by atoms with Gasteiger partial charge in [0.1, 0.15) is 0 Å². The highest BCUT2D eigenvalue weighted by Crippen LogP contribution is 2.07. The van der Waals surface area contributed by atoms with Gasteiger partial charge in [0.2, 0.25) is 0 Å². The molecule has 0 rings (SSSR count). The van der Waals surface area contributed by atoms with Crippen LogP contribution in [0.1, 0.15) is 0 Å². The van der Waals surface area contributed by atoms with Crippen molar-refractivity contribution < 1.29 is 9.09 Å². The van der Waals surface area contributed by atoms with E-state index in [1.165, 1.54) is 6.08 Å². The van der Waals surface area contributed by atoms with E-state index in [0.717, 1.165) is 0 Å². The lowest BCUT2D eigenvalue weighted by Gasteiger charge is -1.87. The third kappa shape index (κ3) is 5.76. The van der Waals surface area contributed by atoms with E-state index in [1.807, 2.05) is 0 Å². The molecule has 0 heterocycles. The molecule has 0 saturated heterocycles. The Bertz CT molecular complexity index is 83.0. The Kier molecular flexibility index (Phi) is 3.80. The minimum absolute atomic E-state index is 0.256. The molecular formula is C3H7NO2P. The molecule has 0 aromatic carbocycles. The normalized spacial score (nSPS) is 10.7. The summed E-state index contributed by atoms with van der Waals surface area (Å²) in [6.45, 7) is 3.58. The van der Waals surface area contributed by atoms with Gasteiger partial charge in [0, 0.05) is 0 Å². The molecular weight excluding hydrogens is 113 g/mol. The van der Waals surface area contributed by atoms with Crippen molar-refractivity contribution in [3.63, 3.8) is 0 Å². The second-order valence-electron chi connectivity index (χ2n) is 0.870. The van der Waals surface area contributed by atoms with Crippen molar-refractivity contribution >= 4 is 8.18 Å². The van der Waals surface area contributed by atoms with E-state index < -0.39 is 8.18 Å². The van der Waals surface area contributed by atoms with Gasteiger partial charge in [0.15, 0.2) is 0 Å². The highest BCUT2D eigenvalue weighted by atomic mass is 31.1. The third-order valence-electron chi connectivity index (χ3n) is 0.320. The Balaban J connectivity index is 2.97. The summed E-state index contributed by atoms with van der Waals surface area (Å²) in [4.78, 5) is 0. The molecule has 0 aliphatic rings. The first-order valence-corrected chi connectivity index (χ1v) is 2.98. The first-order valence-electron chi connectivity index (χ1n) is 1.73. The maximum Gasteiger partial charge on any atom is 0.292 e. The Morgan fingerprint density at radius 2 is 2.57 bits per heavy atom. The minimum Gasteiger partial charge on any atom is -0.288 e. The van der Waals surface area contributed by atoms with Gasteiger partial charge in [-0.15, -0.1) is 6.58 Å². The van der Waals surface area contributed by atoms with Crippen LogP contribution < -0.4 is 5.50 Å². The standard InChI is InChI=1S/C3H7NO2P/c1-2-3-6-7(4)5/h2H,1,3H2,(H2,4,5). The first kappa shape index (κ1) is 6.76. The van der Waals surface area contributed by atoms with Crippen LogP contribution in [0.3, 0.4) is 0 Å². The molecule has 7 heavy (non-hydrogen) atoms. The second kappa shape index (κ2) is 3.93. The largest absolute Gasteiger partial charge is 0.292 e. The Labute approximate surface area is 43.1 Å². The zero-order valence-electron chi connectivity index (χ0n) is 3.83. The predicted molar refractivity (Wildman–Crippen MR) is 27.9 cm³/mol. The van der Waals surface area contributed by atoms with Gasteiger partial charge in [-0.2, -0.15) is 0 Å². The first-order chi connectivity index (χ1) is 3.27. The van der Waals surface area contributed by atoms with Crippen LogP contribution in [0.5, 0.6) is 0 Å². The van der Waals surface area contributed by atoms with E-state index in [0.29, 0.717) is 0 Å². The van der Waals surface area contributed by atoms with Crippen molar-refractivity contribution in [1.29, 1.82) is 0 Å². The lowest BCUT2D eigenvalue weighted by atomic mass is 10.7. The molecule has 2 N–H and O–H groups in total. The number of nitrogens with two attached hydrogens (primary N) is 1. The fourth-order valence-corrected chi connectivity index (χ4v) is 0.379. The number of hydrogen-bond donors (Lipinski definition) is 1. The maximum absolute atomic E-state index is 9.86. The van der Waals surface area contributed by atoms with E-state index >= 15 is 0 Å². The molecule has 1 radical (unpaired) electrons.